The Morgan fingerprint density at radius 3 is 0.782 bits per heavy atom. The predicted molar refractivity (Wildman–Crippen MR) is 339 cm³/mol. The molecule has 6 nitrogen and oxygen atoms in total. The van der Waals surface area contributed by atoms with E-state index in [1.54, 1.807) is 0 Å². The number of hydrogen-bond acceptors (Lipinski definition) is 6. The smallest absolute Gasteiger partial charge is 0.306 e. The van der Waals surface area contributed by atoms with Crippen molar-refractivity contribution in [2.75, 3.05) is 13.2 Å². The molecule has 0 rings (SSSR count). The van der Waals surface area contributed by atoms with Gasteiger partial charge in [-0.05, 0) is 64.2 Å². The average Bonchev–Trinajstić information content (AvgIpc) is 3.44. The molecule has 0 radical (unpaired) electrons. The minimum Gasteiger partial charge on any atom is -0.462 e. The minimum absolute atomic E-state index is 0.0829. The maximum absolute atomic E-state index is 12.9. The molecule has 1 unspecified atom stereocenters. The highest BCUT2D eigenvalue weighted by Crippen LogP contribution is 2.18. The first kappa shape index (κ1) is 75.1. The first-order chi connectivity index (χ1) is 38.5. The molecule has 0 saturated heterocycles. The van der Waals surface area contributed by atoms with Crippen molar-refractivity contribution >= 4 is 17.9 Å². The Morgan fingerprint density at radius 2 is 0.500 bits per heavy atom. The Bertz CT molecular complexity index is 1390. The summed E-state index contributed by atoms with van der Waals surface area (Å²) in [4.78, 5) is 38.4. The van der Waals surface area contributed by atoms with E-state index in [1.165, 1.54) is 225 Å². The molecule has 0 amide bonds. The molecule has 0 heterocycles. The van der Waals surface area contributed by atoms with Gasteiger partial charge in [-0.1, -0.05) is 338 Å². The molecule has 0 aliphatic carbocycles. The molecular weight excluding hydrogens is 961 g/mol. The first-order valence-corrected chi connectivity index (χ1v) is 34.3. The zero-order chi connectivity index (χ0) is 56.4. The maximum Gasteiger partial charge on any atom is 0.306 e. The molecular formula is C72H130O6. The van der Waals surface area contributed by atoms with Crippen molar-refractivity contribution in [3.8, 4) is 0 Å². The van der Waals surface area contributed by atoms with Crippen molar-refractivity contribution in [2.24, 2.45) is 0 Å². The van der Waals surface area contributed by atoms with E-state index in [9.17, 15) is 14.4 Å². The van der Waals surface area contributed by atoms with Crippen molar-refractivity contribution in [3.63, 3.8) is 0 Å². The van der Waals surface area contributed by atoms with Crippen LogP contribution in [0.1, 0.15) is 361 Å². The molecule has 0 aliphatic rings. The normalized spacial score (nSPS) is 12.4. The summed E-state index contributed by atoms with van der Waals surface area (Å²) in [5.74, 6) is -0.890. The van der Waals surface area contributed by atoms with Gasteiger partial charge >= 0.3 is 17.9 Å². The largest absolute Gasteiger partial charge is 0.462 e. The fourth-order valence-corrected chi connectivity index (χ4v) is 10.2. The van der Waals surface area contributed by atoms with E-state index < -0.39 is 6.10 Å². The quantitative estimate of drug-likeness (QED) is 0.0261. The molecule has 0 spiro atoms. The van der Waals surface area contributed by atoms with Crippen LogP contribution in [-0.2, 0) is 28.6 Å². The van der Waals surface area contributed by atoms with Gasteiger partial charge in [-0.2, -0.15) is 0 Å². The molecule has 0 saturated carbocycles. The van der Waals surface area contributed by atoms with Gasteiger partial charge in [0.05, 0.1) is 0 Å². The van der Waals surface area contributed by atoms with Crippen LogP contribution in [0.15, 0.2) is 60.8 Å². The van der Waals surface area contributed by atoms with Crippen LogP contribution in [0.2, 0.25) is 0 Å². The van der Waals surface area contributed by atoms with E-state index >= 15 is 0 Å². The maximum atomic E-state index is 12.9. The summed E-state index contributed by atoms with van der Waals surface area (Å²) in [5, 5.41) is 0. The van der Waals surface area contributed by atoms with E-state index in [4.69, 9.17) is 14.2 Å². The van der Waals surface area contributed by atoms with Crippen molar-refractivity contribution in [2.45, 2.75) is 367 Å². The molecule has 6 heteroatoms. The van der Waals surface area contributed by atoms with Crippen molar-refractivity contribution in [1.82, 2.24) is 0 Å². The lowest BCUT2D eigenvalue weighted by Crippen LogP contribution is -2.30. The highest BCUT2D eigenvalue weighted by molar-refractivity contribution is 5.71. The predicted octanol–water partition coefficient (Wildman–Crippen LogP) is 23.5. The number of hydrogen-bond donors (Lipinski definition) is 0. The molecule has 78 heavy (non-hydrogen) atoms. The highest BCUT2D eigenvalue weighted by atomic mass is 16.6. The third kappa shape index (κ3) is 63.9. The van der Waals surface area contributed by atoms with Crippen molar-refractivity contribution < 1.29 is 28.6 Å². The summed E-state index contributed by atoms with van der Waals surface area (Å²) in [6.07, 6.45) is 85.3. The molecule has 0 N–H and O–H groups in total. The zero-order valence-electron chi connectivity index (χ0n) is 52.2. The van der Waals surface area contributed by atoms with Gasteiger partial charge in [0.2, 0.25) is 0 Å². The lowest BCUT2D eigenvalue weighted by molar-refractivity contribution is -0.167. The third-order valence-electron chi connectivity index (χ3n) is 15.3. The number of rotatable bonds is 63. The SMILES string of the molecule is CC/C=C\C/C=C\C/C=C\C/C=C\C/C=C\CCCCCC(=O)OC(COC(=O)CCCCCCCCCCCCCCCCCCC)COC(=O)CCCCCCCCCCCCCCCCCCCCCCCCCC. The lowest BCUT2D eigenvalue weighted by Gasteiger charge is -2.18. The molecule has 0 fully saturated rings. The molecule has 0 aromatic heterocycles. The van der Waals surface area contributed by atoms with Crippen LogP contribution in [0.25, 0.3) is 0 Å². The van der Waals surface area contributed by atoms with E-state index in [1.807, 2.05) is 0 Å². The molecule has 1 atom stereocenters. The fourth-order valence-electron chi connectivity index (χ4n) is 10.2. The molecule has 0 aromatic rings. The first-order valence-electron chi connectivity index (χ1n) is 34.3. The van der Waals surface area contributed by atoms with Gasteiger partial charge in [0.15, 0.2) is 6.10 Å². The summed E-state index contributed by atoms with van der Waals surface area (Å²) in [6.45, 7) is 6.57. The van der Waals surface area contributed by atoms with Gasteiger partial charge in [-0.3, -0.25) is 14.4 Å². The number of unbranched alkanes of at least 4 members (excludes halogenated alkanes) is 42. The summed E-state index contributed by atoms with van der Waals surface area (Å²) in [7, 11) is 0. The number of ether oxygens (including phenoxy) is 3. The number of esters is 3. The average molecular weight is 1090 g/mol. The van der Waals surface area contributed by atoms with Crippen LogP contribution in [0.4, 0.5) is 0 Å². The number of carbonyl (C=O) groups excluding carboxylic acids is 3. The minimum atomic E-state index is -0.790. The monoisotopic (exact) mass is 1090 g/mol. The van der Waals surface area contributed by atoms with Gasteiger partial charge in [0.25, 0.3) is 0 Å². The van der Waals surface area contributed by atoms with Crippen molar-refractivity contribution in [1.29, 1.82) is 0 Å². The Morgan fingerprint density at radius 1 is 0.269 bits per heavy atom. The molecule has 0 bridgehead atoms. The van der Waals surface area contributed by atoms with Gasteiger partial charge in [-0.15, -0.1) is 0 Å². The van der Waals surface area contributed by atoms with Gasteiger partial charge < -0.3 is 14.2 Å². The van der Waals surface area contributed by atoms with Crippen LogP contribution in [0, 0.1) is 0 Å². The van der Waals surface area contributed by atoms with Crippen LogP contribution in [-0.4, -0.2) is 37.2 Å². The van der Waals surface area contributed by atoms with Crippen LogP contribution in [0.5, 0.6) is 0 Å². The second-order valence-corrected chi connectivity index (χ2v) is 23.1. The van der Waals surface area contributed by atoms with Crippen molar-refractivity contribution in [3.05, 3.63) is 60.8 Å². The fraction of sp³-hybridized carbons (Fsp3) is 0.819. The van der Waals surface area contributed by atoms with E-state index in [0.29, 0.717) is 19.3 Å². The number of carbonyl (C=O) groups is 3. The molecule has 0 aromatic carbocycles. The Kier molecular flexibility index (Phi) is 64.2. The summed E-state index contributed by atoms with van der Waals surface area (Å²) >= 11 is 0. The van der Waals surface area contributed by atoms with E-state index in [-0.39, 0.29) is 31.1 Å². The lowest BCUT2D eigenvalue weighted by atomic mass is 10.0. The van der Waals surface area contributed by atoms with E-state index in [0.717, 1.165) is 96.3 Å². The van der Waals surface area contributed by atoms with Gasteiger partial charge in [0.1, 0.15) is 13.2 Å². The highest BCUT2D eigenvalue weighted by Gasteiger charge is 2.19. The van der Waals surface area contributed by atoms with Crippen LogP contribution < -0.4 is 0 Å². The van der Waals surface area contributed by atoms with Crippen LogP contribution >= 0.6 is 0 Å². The van der Waals surface area contributed by atoms with Crippen LogP contribution in [0.3, 0.4) is 0 Å². The standard InChI is InChI=1S/C72H130O6/c1-4-7-10-13-16-19-22-25-28-31-33-34-35-36-37-39-41-44-47-50-53-56-59-62-65-71(74)77-68-69(67-76-70(73)64-61-58-55-52-49-46-43-40-30-27-24-21-18-15-12-9-6-3)78-72(75)66-63-60-57-54-51-48-45-42-38-32-29-26-23-20-17-14-11-8-5-2/h8,11,17,20,26,29,38,42,48,51,69H,4-7,9-10,12-16,18-19,21-25,27-28,30-37,39-41,43-47,49-50,52-68H2,1-3H3/b11-8-,20-17-,29-26-,42-38-,51-48-. The summed E-state index contributed by atoms with van der Waals surface area (Å²) in [6, 6.07) is 0. The summed E-state index contributed by atoms with van der Waals surface area (Å²) < 4.78 is 17.0. The van der Waals surface area contributed by atoms with Gasteiger partial charge in [0, 0.05) is 19.3 Å². The zero-order valence-corrected chi connectivity index (χ0v) is 52.2. The third-order valence-corrected chi connectivity index (χ3v) is 15.3. The summed E-state index contributed by atoms with van der Waals surface area (Å²) in [5.41, 5.74) is 0. The van der Waals surface area contributed by atoms with E-state index in [2.05, 4.69) is 81.5 Å². The second-order valence-electron chi connectivity index (χ2n) is 23.1. The Labute approximate surface area is 485 Å². The Balaban J connectivity index is 4.34. The van der Waals surface area contributed by atoms with Gasteiger partial charge in [-0.25, -0.2) is 0 Å². The molecule has 0 aliphatic heterocycles. The number of allylic oxidation sites excluding steroid dienone is 10. The molecule has 454 valence electrons. The Hall–Kier alpha value is -2.89. The topological polar surface area (TPSA) is 78.9 Å². The second kappa shape index (κ2) is 66.6.